The maximum absolute atomic E-state index is 12.3. The molecule has 1 amide bonds. The number of nitrogens with zero attached hydrogens (tertiary/aromatic N) is 2. The summed E-state index contributed by atoms with van der Waals surface area (Å²) in [4.78, 5) is 37.7. The summed E-state index contributed by atoms with van der Waals surface area (Å²) in [6.07, 6.45) is 1.12. The predicted molar refractivity (Wildman–Crippen MR) is 70.6 cm³/mol. The van der Waals surface area contributed by atoms with E-state index in [1.807, 2.05) is 6.07 Å². The van der Waals surface area contributed by atoms with Crippen molar-refractivity contribution in [2.24, 2.45) is 5.92 Å². The van der Waals surface area contributed by atoms with Gasteiger partial charge in [0.2, 0.25) is 11.4 Å². The maximum Gasteiger partial charge on any atom is 0.343 e. The first kappa shape index (κ1) is 15.8. The number of likely N-dealkylation sites (tertiary alicyclic amines) is 1. The van der Waals surface area contributed by atoms with Gasteiger partial charge in [-0.2, -0.15) is 5.26 Å². The minimum Gasteiger partial charge on any atom is -0.467 e. The third-order valence-corrected chi connectivity index (χ3v) is 3.98. The molecule has 2 aliphatic rings. The van der Waals surface area contributed by atoms with E-state index in [0.717, 1.165) is 19.1 Å². The number of carbonyl (C=O) groups is 3. The quantitative estimate of drug-likeness (QED) is 0.526. The van der Waals surface area contributed by atoms with Gasteiger partial charge in [-0.15, -0.1) is 0 Å². The van der Waals surface area contributed by atoms with Crippen molar-refractivity contribution in [3.63, 3.8) is 0 Å². The highest BCUT2D eigenvalue weighted by Gasteiger charge is 2.65. The zero-order valence-electron chi connectivity index (χ0n) is 12.5. The minimum absolute atomic E-state index is 0.0196. The topological polar surface area (TPSA) is 106 Å². The second kappa shape index (κ2) is 5.67. The van der Waals surface area contributed by atoms with Gasteiger partial charge in [0.25, 0.3) is 0 Å². The van der Waals surface area contributed by atoms with Crippen LogP contribution < -0.4 is 0 Å². The van der Waals surface area contributed by atoms with Gasteiger partial charge >= 0.3 is 11.9 Å². The Kier molecular flexibility index (Phi) is 4.08. The molecule has 0 aromatic rings. The van der Waals surface area contributed by atoms with Gasteiger partial charge in [0, 0.05) is 19.3 Å². The van der Waals surface area contributed by atoms with Crippen molar-refractivity contribution in [2.45, 2.75) is 31.5 Å². The summed E-state index contributed by atoms with van der Waals surface area (Å²) in [5, 5.41) is 8.95. The Balaban J connectivity index is 2.52. The molecule has 0 spiro atoms. The summed E-state index contributed by atoms with van der Waals surface area (Å²) < 4.78 is 14.9. The number of esters is 2. The first-order valence-corrected chi connectivity index (χ1v) is 6.66. The fraction of sp³-hybridized carbons (Fsp3) is 0.571. The number of allylic oxidation sites excluding steroid dienone is 2. The average Bonchev–Trinajstić information content (AvgIpc) is 2.88. The van der Waals surface area contributed by atoms with E-state index in [2.05, 4.69) is 0 Å². The molecular formula is C14H16N2O6. The maximum atomic E-state index is 12.3. The number of rotatable bonds is 2. The lowest BCUT2D eigenvalue weighted by atomic mass is 9.89. The number of carbonyl (C=O) groups excluding carboxylic acids is 3. The molecule has 118 valence electrons. The molecule has 22 heavy (non-hydrogen) atoms. The molecule has 0 saturated carbocycles. The monoisotopic (exact) mass is 308 g/mol. The Morgan fingerprint density at radius 3 is 2.41 bits per heavy atom. The van der Waals surface area contributed by atoms with Gasteiger partial charge in [-0.25, -0.2) is 9.59 Å². The van der Waals surface area contributed by atoms with Crippen LogP contribution in [0.15, 0.2) is 11.8 Å². The summed E-state index contributed by atoms with van der Waals surface area (Å²) in [6, 6.07) is 1.86. The van der Waals surface area contributed by atoms with E-state index < -0.39 is 29.6 Å². The van der Waals surface area contributed by atoms with Gasteiger partial charge < -0.3 is 14.2 Å². The van der Waals surface area contributed by atoms with E-state index in [1.165, 1.54) is 6.92 Å². The number of fused-ring (bicyclic) bond motifs is 1. The zero-order chi connectivity index (χ0) is 16.5. The third kappa shape index (κ3) is 2.09. The standard InChI is InChI=1S/C14H16N2O6/c1-8(17)16-11-9(4-5-10(7-15)22-11)6-14(16,12(18)20-2)13(19)21-3/h5,9,11H,4,6H2,1-3H3/t9-,11+/m0/s1. The molecule has 0 radical (unpaired) electrons. The SMILES string of the molecule is COC(=O)C1(C(=O)OC)C[C@@H]2CC=C(C#N)O[C@H]2N1C(C)=O. The summed E-state index contributed by atoms with van der Waals surface area (Å²) in [7, 11) is 2.26. The average molecular weight is 308 g/mol. The largest absolute Gasteiger partial charge is 0.467 e. The van der Waals surface area contributed by atoms with E-state index in [-0.39, 0.29) is 18.1 Å². The molecule has 2 aliphatic heterocycles. The first-order valence-electron chi connectivity index (χ1n) is 6.66. The number of hydrogen-bond donors (Lipinski definition) is 0. The molecule has 0 unspecified atom stereocenters. The summed E-state index contributed by atoms with van der Waals surface area (Å²) in [6.45, 7) is 1.22. The molecule has 0 bridgehead atoms. The first-order chi connectivity index (χ1) is 10.4. The minimum atomic E-state index is -1.89. The molecule has 0 N–H and O–H groups in total. The van der Waals surface area contributed by atoms with Crippen LogP contribution in [0.5, 0.6) is 0 Å². The predicted octanol–water partition coefficient (Wildman–Crippen LogP) is 0.0935. The Bertz CT molecular complexity index is 575. The lowest BCUT2D eigenvalue weighted by molar-refractivity contribution is -0.180. The number of hydrogen-bond acceptors (Lipinski definition) is 7. The van der Waals surface area contributed by atoms with Gasteiger partial charge in [0.05, 0.1) is 14.2 Å². The fourth-order valence-electron chi connectivity index (χ4n) is 3.10. The second-order valence-corrected chi connectivity index (χ2v) is 5.12. The van der Waals surface area contributed by atoms with Gasteiger partial charge in [-0.1, -0.05) is 0 Å². The van der Waals surface area contributed by atoms with Crippen LogP contribution in [0.4, 0.5) is 0 Å². The van der Waals surface area contributed by atoms with Crippen LogP contribution >= 0.6 is 0 Å². The Hall–Kier alpha value is -2.56. The van der Waals surface area contributed by atoms with Crippen LogP contribution in [0, 0.1) is 17.2 Å². The highest BCUT2D eigenvalue weighted by molar-refractivity contribution is 6.08. The summed E-state index contributed by atoms with van der Waals surface area (Å²) in [5.41, 5.74) is -1.89. The Morgan fingerprint density at radius 2 is 1.95 bits per heavy atom. The lowest BCUT2D eigenvalue weighted by Gasteiger charge is -2.36. The molecule has 2 atom stereocenters. The number of amides is 1. The molecule has 2 rings (SSSR count). The van der Waals surface area contributed by atoms with E-state index in [1.54, 1.807) is 6.08 Å². The molecule has 0 aromatic heterocycles. The van der Waals surface area contributed by atoms with Gasteiger partial charge in [0.15, 0.2) is 12.0 Å². The van der Waals surface area contributed by atoms with Crippen LogP contribution in [0.25, 0.3) is 0 Å². The van der Waals surface area contributed by atoms with Crippen molar-refractivity contribution < 1.29 is 28.6 Å². The molecule has 2 heterocycles. The Morgan fingerprint density at radius 1 is 1.36 bits per heavy atom. The van der Waals surface area contributed by atoms with Crippen molar-refractivity contribution in [1.29, 1.82) is 5.26 Å². The van der Waals surface area contributed by atoms with E-state index in [4.69, 9.17) is 19.5 Å². The number of ether oxygens (including phenoxy) is 3. The summed E-state index contributed by atoms with van der Waals surface area (Å²) in [5.74, 6) is -2.56. The molecule has 0 aliphatic carbocycles. The van der Waals surface area contributed by atoms with Crippen LogP contribution in [-0.4, -0.2) is 48.7 Å². The molecule has 8 heteroatoms. The highest BCUT2D eigenvalue weighted by atomic mass is 16.6. The van der Waals surface area contributed by atoms with Crippen molar-refractivity contribution in [3.05, 3.63) is 11.8 Å². The Labute approximate surface area is 127 Å². The molecule has 1 saturated heterocycles. The number of methoxy groups -OCH3 is 2. The van der Waals surface area contributed by atoms with Crippen molar-refractivity contribution >= 4 is 17.8 Å². The fourth-order valence-corrected chi connectivity index (χ4v) is 3.10. The number of nitriles is 1. The van der Waals surface area contributed by atoms with E-state index in [9.17, 15) is 14.4 Å². The summed E-state index contributed by atoms with van der Waals surface area (Å²) >= 11 is 0. The second-order valence-electron chi connectivity index (χ2n) is 5.12. The molecule has 0 aromatic carbocycles. The van der Waals surface area contributed by atoms with Crippen molar-refractivity contribution in [1.82, 2.24) is 4.90 Å². The van der Waals surface area contributed by atoms with Crippen LogP contribution in [0.3, 0.4) is 0 Å². The molecule has 1 fully saturated rings. The van der Waals surface area contributed by atoms with Crippen LogP contribution in [0.2, 0.25) is 0 Å². The normalized spacial score (nSPS) is 25.2. The highest BCUT2D eigenvalue weighted by Crippen LogP contribution is 2.45. The lowest BCUT2D eigenvalue weighted by Crippen LogP contribution is -2.61. The van der Waals surface area contributed by atoms with Gasteiger partial charge in [-0.3, -0.25) is 9.69 Å². The smallest absolute Gasteiger partial charge is 0.343 e. The molecular weight excluding hydrogens is 292 g/mol. The van der Waals surface area contributed by atoms with Crippen molar-refractivity contribution in [3.8, 4) is 6.07 Å². The van der Waals surface area contributed by atoms with Crippen LogP contribution in [-0.2, 0) is 28.6 Å². The van der Waals surface area contributed by atoms with Crippen molar-refractivity contribution in [2.75, 3.05) is 14.2 Å². The van der Waals surface area contributed by atoms with Gasteiger partial charge in [-0.05, 0) is 12.5 Å². The third-order valence-electron chi connectivity index (χ3n) is 3.98. The zero-order valence-corrected chi connectivity index (χ0v) is 12.5. The molecule has 8 nitrogen and oxygen atoms in total. The van der Waals surface area contributed by atoms with E-state index in [0.29, 0.717) is 6.42 Å². The van der Waals surface area contributed by atoms with Gasteiger partial charge in [0.1, 0.15) is 6.07 Å². The van der Waals surface area contributed by atoms with E-state index >= 15 is 0 Å². The van der Waals surface area contributed by atoms with Crippen LogP contribution in [0.1, 0.15) is 19.8 Å².